The first kappa shape index (κ1) is 13.8. The second kappa shape index (κ2) is 5.99. The van der Waals surface area contributed by atoms with Gasteiger partial charge in [0, 0.05) is 31.7 Å². The van der Waals surface area contributed by atoms with Crippen LogP contribution in [0.15, 0.2) is 47.6 Å². The molecular weight excluding hydrogens is 262 g/mol. The monoisotopic (exact) mass is 279 g/mol. The van der Waals surface area contributed by atoms with Gasteiger partial charge in [-0.15, -0.1) is 0 Å². The Hall–Kier alpha value is -1.66. The first-order chi connectivity index (χ1) is 9.05. The first-order valence-corrected chi connectivity index (χ1v) is 7.92. The predicted molar refractivity (Wildman–Crippen MR) is 73.5 cm³/mol. The first-order valence-electron chi connectivity index (χ1n) is 6.03. The Morgan fingerprint density at radius 3 is 2.58 bits per heavy atom. The molecule has 0 unspecified atom stereocenters. The Labute approximate surface area is 113 Å². The molecule has 0 amide bonds. The Balaban J connectivity index is 1.80. The normalized spacial score (nSPS) is 11.6. The molecule has 0 bridgehead atoms. The number of aromatic nitrogens is 2. The number of benzene rings is 1. The summed E-state index contributed by atoms with van der Waals surface area (Å²) in [7, 11) is -3.11. The van der Waals surface area contributed by atoms with E-state index in [0.29, 0.717) is 11.4 Å². The smallest absolute Gasteiger partial charge is 0.175 e. The van der Waals surface area contributed by atoms with Gasteiger partial charge in [0.2, 0.25) is 0 Å². The summed E-state index contributed by atoms with van der Waals surface area (Å²) in [6.07, 6.45) is 4.89. The van der Waals surface area contributed by atoms with Gasteiger partial charge in [-0.3, -0.25) is 4.68 Å². The zero-order chi connectivity index (χ0) is 13.7. The summed E-state index contributed by atoms with van der Waals surface area (Å²) < 4.78 is 24.5. The summed E-state index contributed by atoms with van der Waals surface area (Å²) in [6, 6.07) is 8.83. The maximum Gasteiger partial charge on any atom is 0.175 e. The number of nitrogens with one attached hydrogen (secondary N) is 1. The molecule has 0 aliphatic rings. The van der Waals surface area contributed by atoms with Gasteiger partial charge in [0.25, 0.3) is 0 Å². The maximum atomic E-state index is 11.3. The molecule has 0 saturated carbocycles. The van der Waals surface area contributed by atoms with Gasteiger partial charge in [-0.1, -0.05) is 12.1 Å². The molecule has 2 aromatic rings. The number of hydrogen-bond acceptors (Lipinski definition) is 4. The van der Waals surface area contributed by atoms with Crippen LogP contribution in [0.2, 0.25) is 0 Å². The highest BCUT2D eigenvalue weighted by atomic mass is 32.2. The molecule has 0 saturated heterocycles. The van der Waals surface area contributed by atoms with E-state index in [0.717, 1.165) is 18.7 Å². The molecule has 1 heterocycles. The van der Waals surface area contributed by atoms with Crippen molar-refractivity contribution in [3.05, 3.63) is 48.3 Å². The summed E-state index contributed by atoms with van der Waals surface area (Å²) in [6.45, 7) is 2.34. The van der Waals surface area contributed by atoms with E-state index in [9.17, 15) is 8.42 Å². The average Bonchev–Trinajstić information content (AvgIpc) is 2.87. The van der Waals surface area contributed by atoms with E-state index in [-0.39, 0.29) is 0 Å². The van der Waals surface area contributed by atoms with E-state index in [1.807, 2.05) is 29.1 Å². The lowest BCUT2D eigenvalue weighted by molar-refractivity contribution is 0.555. The molecule has 19 heavy (non-hydrogen) atoms. The van der Waals surface area contributed by atoms with Crippen molar-refractivity contribution in [2.45, 2.75) is 18.0 Å². The van der Waals surface area contributed by atoms with E-state index >= 15 is 0 Å². The second-order valence-electron chi connectivity index (χ2n) is 4.36. The lowest BCUT2D eigenvalue weighted by Crippen LogP contribution is -2.19. The van der Waals surface area contributed by atoms with Gasteiger partial charge in [-0.05, 0) is 23.8 Å². The largest absolute Gasteiger partial charge is 0.311 e. The van der Waals surface area contributed by atoms with Gasteiger partial charge < -0.3 is 5.32 Å². The van der Waals surface area contributed by atoms with Gasteiger partial charge in [0.1, 0.15) is 0 Å². The lowest BCUT2D eigenvalue weighted by atomic mass is 10.2. The minimum atomic E-state index is -3.11. The summed E-state index contributed by atoms with van der Waals surface area (Å²) in [4.78, 5) is 0.354. The summed E-state index contributed by atoms with van der Waals surface area (Å²) in [5.41, 5.74) is 1.06. The number of nitrogens with zero attached hydrogens (tertiary/aromatic N) is 2. The van der Waals surface area contributed by atoms with Crippen LogP contribution in [0.5, 0.6) is 0 Å². The van der Waals surface area contributed by atoms with Crippen LogP contribution in [0.25, 0.3) is 0 Å². The van der Waals surface area contributed by atoms with Crippen LogP contribution in [-0.2, 0) is 22.9 Å². The van der Waals surface area contributed by atoms with Crippen molar-refractivity contribution in [1.82, 2.24) is 15.1 Å². The Kier molecular flexibility index (Phi) is 4.34. The fourth-order valence-corrected chi connectivity index (χ4v) is 2.34. The molecule has 1 aromatic heterocycles. The van der Waals surface area contributed by atoms with Crippen molar-refractivity contribution >= 4 is 9.84 Å². The summed E-state index contributed by atoms with van der Waals surface area (Å²) >= 11 is 0. The molecule has 0 fully saturated rings. The van der Waals surface area contributed by atoms with Crippen molar-refractivity contribution in [2.75, 3.05) is 12.8 Å². The second-order valence-corrected chi connectivity index (χ2v) is 6.38. The molecular formula is C13H17N3O2S. The molecule has 0 aliphatic carbocycles. The van der Waals surface area contributed by atoms with Crippen LogP contribution in [0.3, 0.4) is 0 Å². The van der Waals surface area contributed by atoms with Crippen LogP contribution in [0.4, 0.5) is 0 Å². The summed E-state index contributed by atoms with van der Waals surface area (Å²) in [5, 5.41) is 7.40. The van der Waals surface area contributed by atoms with Gasteiger partial charge in [-0.25, -0.2) is 8.42 Å². The lowest BCUT2D eigenvalue weighted by Gasteiger charge is -2.06. The van der Waals surface area contributed by atoms with Gasteiger partial charge in [0.15, 0.2) is 9.84 Å². The van der Waals surface area contributed by atoms with Crippen molar-refractivity contribution in [1.29, 1.82) is 0 Å². The summed E-state index contributed by atoms with van der Waals surface area (Å²) in [5.74, 6) is 0. The van der Waals surface area contributed by atoms with Crippen molar-refractivity contribution in [3.8, 4) is 0 Å². The zero-order valence-electron chi connectivity index (χ0n) is 10.8. The van der Waals surface area contributed by atoms with Crippen LogP contribution in [0, 0.1) is 0 Å². The third-order valence-corrected chi connectivity index (χ3v) is 3.89. The minimum Gasteiger partial charge on any atom is -0.311 e. The average molecular weight is 279 g/mol. The molecule has 0 radical (unpaired) electrons. The fraction of sp³-hybridized carbons (Fsp3) is 0.308. The zero-order valence-corrected chi connectivity index (χ0v) is 11.6. The molecule has 2 rings (SSSR count). The van der Waals surface area contributed by atoms with E-state index in [1.165, 1.54) is 6.26 Å². The van der Waals surface area contributed by atoms with Crippen LogP contribution in [-0.4, -0.2) is 31.0 Å². The molecule has 102 valence electrons. The van der Waals surface area contributed by atoms with E-state index < -0.39 is 9.84 Å². The molecule has 1 N–H and O–H groups in total. The van der Waals surface area contributed by atoms with Gasteiger partial charge in [0.05, 0.1) is 11.4 Å². The van der Waals surface area contributed by atoms with Crippen LogP contribution in [0.1, 0.15) is 5.56 Å². The number of hydrogen-bond donors (Lipinski definition) is 1. The maximum absolute atomic E-state index is 11.3. The highest BCUT2D eigenvalue weighted by molar-refractivity contribution is 7.90. The van der Waals surface area contributed by atoms with Crippen molar-refractivity contribution in [2.24, 2.45) is 0 Å². The van der Waals surface area contributed by atoms with Crippen molar-refractivity contribution in [3.63, 3.8) is 0 Å². The molecule has 0 atom stereocenters. The molecule has 0 aliphatic heterocycles. The molecule has 5 nitrogen and oxygen atoms in total. The number of rotatable bonds is 6. The van der Waals surface area contributed by atoms with Crippen LogP contribution < -0.4 is 5.32 Å². The third-order valence-electron chi connectivity index (χ3n) is 2.76. The standard InChI is InChI=1S/C13H17N3O2S/c1-19(17,18)13-5-3-12(4-6-13)11-14-8-10-16-9-2-7-15-16/h2-7,9,14H,8,10-11H2,1H3. The third kappa shape index (κ3) is 4.18. The van der Waals surface area contributed by atoms with Crippen molar-refractivity contribution < 1.29 is 8.42 Å². The van der Waals surface area contributed by atoms with Gasteiger partial charge in [-0.2, -0.15) is 5.10 Å². The van der Waals surface area contributed by atoms with Gasteiger partial charge >= 0.3 is 0 Å². The Bertz CT molecular complexity index is 604. The molecule has 1 aromatic carbocycles. The van der Waals surface area contributed by atoms with E-state index in [1.54, 1.807) is 18.3 Å². The quantitative estimate of drug-likeness (QED) is 0.804. The van der Waals surface area contributed by atoms with E-state index in [2.05, 4.69) is 10.4 Å². The minimum absolute atomic E-state index is 0.354. The molecule has 0 spiro atoms. The predicted octanol–water partition coefficient (Wildman–Crippen LogP) is 1.08. The fourth-order valence-electron chi connectivity index (χ4n) is 1.71. The highest BCUT2D eigenvalue weighted by Crippen LogP contribution is 2.09. The van der Waals surface area contributed by atoms with Crippen LogP contribution >= 0.6 is 0 Å². The number of sulfone groups is 1. The Morgan fingerprint density at radius 2 is 2.00 bits per heavy atom. The Morgan fingerprint density at radius 1 is 1.26 bits per heavy atom. The topological polar surface area (TPSA) is 64.0 Å². The molecule has 6 heteroatoms. The van der Waals surface area contributed by atoms with E-state index in [4.69, 9.17) is 0 Å². The highest BCUT2D eigenvalue weighted by Gasteiger charge is 2.05. The SMILES string of the molecule is CS(=O)(=O)c1ccc(CNCCn2cccn2)cc1.